The third kappa shape index (κ3) is 6.13. The topological polar surface area (TPSA) is 100 Å². The molecule has 9 heteroatoms. The predicted molar refractivity (Wildman–Crippen MR) is 92.4 cm³/mol. The Balaban J connectivity index is 1.67. The van der Waals surface area contributed by atoms with Gasteiger partial charge >= 0.3 is 0 Å². The van der Waals surface area contributed by atoms with Crippen molar-refractivity contribution in [3.8, 4) is 0 Å². The van der Waals surface area contributed by atoms with Gasteiger partial charge < -0.3 is 20.4 Å². The highest BCUT2D eigenvalue weighted by Gasteiger charge is 2.11. The molecule has 1 aromatic heterocycles. The number of furan rings is 1. The van der Waals surface area contributed by atoms with E-state index in [0.717, 1.165) is 0 Å². The first-order valence-corrected chi connectivity index (χ1v) is 8.00. The summed E-state index contributed by atoms with van der Waals surface area (Å²) in [5.74, 6) is -1.30. The van der Waals surface area contributed by atoms with Gasteiger partial charge in [-0.1, -0.05) is 29.3 Å². The molecule has 7 nitrogen and oxygen atoms in total. The number of carbonyl (C=O) groups is 3. The second-order valence-electron chi connectivity index (χ2n) is 4.95. The standard InChI is InChI=1S/C16H15Cl2N3O4/c17-11-4-3-10(12(18)6-11)7-19-14(22)8-20-15(23)9-21-16(24)13-2-1-5-25-13/h1-6H,7-9H2,(H,19,22)(H,20,23)(H,21,24). The molecule has 2 aromatic rings. The van der Waals surface area contributed by atoms with Gasteiger partial charge in [0, 0.05) is 16.6 Å². The SMILES string of the molecule is O=C(CNC(=O)CNC(=O)c1ccco1)NCc1ccc(Cl)cc1Cl. The summed E-state index contributed by atoms with van der Waals surface area (Å²) in [7, 11) is 0. The fourth-order valence-corrected chi connectivity index (χ4v) is 2.29. The zero-order valence-corrected chi connectivity index (χ0v) is 14.5. The first-order valence-electron chi connectivity index (χ1n) is 7.24. The van der Waals surface area contributed by atoms with Crippen LogP contribution >= 0.6 is 23.2 Å². The van der Waals surface area contributed by atoms with E-state index >= 15 is 0 Å². The second-order valence-corrected chi connectivity index (χ2v) is 5.79. The number of rotatable bonds is 7. The summed E-state index contributed by atoms with van der Waals surface area (Å²) in [5.41, 5.74) is 0.705. The van der Waals surface area contributed by atoms with Crippen molar-refractivity contribution in [3.05, 3.63) is 58.0 Å². The van der Waals surface area contributed by atoms with Crippen molar-refractivity contribution >= 4 is 40.9 Å². The monoisotopic (exact) mass is 383 g/mol. The molecule has 0 saturated heterocycles. The van der Waals surface area contributed by atoms with Gasteiger partial charge in [-0.15, -0.1) is 0 Å². The molecule has 0 atom stereocenters. The molecular formula is C16H15Cl2N3O4. The van der Waals surface area contributed by atoms with E-state index in [9.17, 15) is 14.4 Å². The molecular weight excluding hydrogens is 369 g/mol. The summed E-state index contributed by atoms with van der Waals surface area (Å²) in [6.07, 6.45) is 1.35. The Morgan fingerprint density at radius 3 is 2.36 bits per heavy atom. The molecule has 0 fully saturated rings. The molecule has 0 bridgehead atoms. The minimum absolute atomic E-state index is 0.102. The van der Waals surface area contributed by atoms with E-state index in [1.807, 2.05) is 0 Å². The minimum atomic E-state index is -0.512. The van der Waals surface area contributed by atoms with Gasteiger partial charge in [0.25, 0.3) is 5.91 Å². The lowest BCUT2D eigenvalue weighted by atomic mass is 10.2. The summed E-state index contributed by atoms with van der Waals surface area (Å²) in [4.78, 5) is 34.9. The lowest BCUT2D eigenvalue weighted by Crippen LogP contribution is -2.41. The van der Waals surface area contributed by atoms with Crippen molar-refractivity contribution in [2.75, 3.05) is 13.1 Å². The molecule has 0 aliphatic rings. The highest BCUT2D eigenvalue weighted by Crippen LogP contribution is 2.20. The molecule has 0 saturated carbocycles. The summed E-state index contributed by atoms with van der Waals surface area (Å²) in [6.45, 7) is -0.281. The lowest BCUT2D eigenvalue weighted by Gasteiger charge is -2.09. The van der Waals surface area contributed by atoms with Gasteiger partial charge in [0.2, 0.25) is 11.8 Å². The van der Waals surface area contributed by atoms with Crippen LogP contribution in [0.4, 0.5) is 0 Å². The molecule has 3 N–H and O–H groups in total. The van der Waals surface area contributed by atoms with Crippen LogP contribution in [-0.2, 0) is 16.1 Å². The summed E-state index contributed by atoms with van der Waals surface area (Å²) in [6, 6.07) is 7.98. The van der Waals surface area contributed by atoms with Crippen LogP contribution in [0.15, 0.2) is 41.0 Å². The number of hydrogen-bond donors (Lipinski definition) is 3. The number of benzene rings is 1. The lowest BCUT2D eigenvalue weighted by molar-refractivity contribution is -0.125. The Labute approximate surface area is 153 Å². The van der Waals surface area contributed by atoms with E-state index in [1.54, 1.807) is 24.3 Å². The molecule has 1 heterocycles. The fraction of sp³-hybridized carbons (Fsp3) is 0.188. The van der Waals surface area contributed by atoms with Crippen LogP contribution in [-0.4, -0.2) is 30.8 Å². The Kier molecular flexibility index (Phi) is 6.85. The van der Waals surface area contributed by atoms with Crippen LogP contribution < -0.4 is 16.0 Å². The zero-order chi connectivity index (χ0) is 18.2. The van der Waals surface area contributed by atoms with E-state index in [2.05, 4.69) is 16.0 Å². The normalized spacial score (nSPS) is 10.2. The van der Waals surface area contributed by atoms with Crippen LogP contribution in [0.5, 0.6) is 0 Å². The van der Waals surface area contributed by atoms with E-state index in [1.165, 1.54) is 12.3 Å². The van der Waals surface area contributed by atoms with E-state index in [4.69, 9.17) is 27.6 Å². The Hall–Kier alpha value is -2.51. The van der Waals surface area contributed by atoms with Crippen molar-refractivity contribution in [3.63, 3.8) is 0 Å². The molecule has 3 amide bonds. The van der Waals surface area contributed by atoms with E-state index in [-0.39, 0.29) is 25.4 Å². The van der Waals surface area contributed by atoms with Gasteiger partial charge in [-0.25, -0.2) is 0 Å². The molecule has 25 heavy (non-hydrogen) atoms. The maximum atomic E-state index is 11.7. The number of halogens is 2. The van der Waals surface area contributed by atoms with Gasteiger partial charge in [-0.2, -0.15) is 0 Å². The van der Waals surface area contributed by atoms with Crippen molar-refractivity contribution in [2.24, 2.45) is 0 Å². The van der Waals surface area contributed by atoms with Crippen molar-refractivity contribution in [1.82, 2.24) is 16.0 Å². The van der Waals surface area contributed by atoms with Crippen LogP contribution in [0.2, 0.25) is 10.0 Å². The molecule has 2 rings (SSSR count). The van der Waals surface area contributed by atoms with Crippen molar-refractivity contribution in [1.29, 1.82) is 0 Å². The van der Waals surface area contributed by atoms with Crippen LogP contribution in [0.3, 0.4) is 0 Å². The molecule has 0 spiro atoms. The minimum Gasteiger partial charge on any atom is -0.459 e. The number of carbonyl (C=O) groups excluding carboxylic acids is 3. The van der Waals surface area contributed by atoms with Crippen molar-refractivity contribution in [2.45, 2.75) is 6.54 Å². The van der Waals surface area contributed by atoms with Crippen LogP contribution in [0, 0.1) is 0 Å². The number of nitrogens with one attached hydrogen (secondary N) is 3. The molecule has 0 aliphatic heterocycles. The van der Waals surface area contributed by atoms with Crippen molar-refractivity contribution < 1.29 is 18.8 Å². The maximum absolute atomic E-state index is 11.7. The summed E-state index contributed by atoms with van der Waals surface area (Å²) < 4.78 is 4.89. The fourth-order valence-electron chi connectivity index (χ4n) is 1.82. The average Bonchev–Trinajstić information content (AvgIpc) is 3.11. The Morgan fingerprint density at radius 1 is 0.960 bits per heavy atom. The van der Waals surface area contributed by atoms with E-state index < -0.39 is 17.7 Å². The predicted octanol–water partition coefficient (Wildman–Crippen LogP) is 1.75. The Bertz CT molecular complexity index is 763. The highest BCUT2D eigenvalue weighted by atomic mass is 35.5. The summed E-state index contributed by atoms with van der Waals surface area (Å²) >= 11 is 11.8. The maximum Gasteiger partial charge on any atom is 0.287 e. The summed E-state index contributed by atoms with van der Waals surface area (Å²) in [5, 5.41) is 8.33. The smallest absolute Gasteiger partial charge is 0.287 e. The number of hydrogen-bond acceptors (Lipinski definition) is 4. The van der Waals surface area contributed by atoms with Crippen LogP contribution in [0.25, 0.3) is 0 Å². The van der Waals surface area contributed by atoms with Gasteiger partial charge in [0.1, 0.15) is 0 Å². The number of amides is 3. The zero-order valence-electron chi connectivity index (χ0n) is 13.0. The van der Waals surface area contributed by atoms with Gasteiger partial charge in [0.15, 0.2) is 5.76 Å². The van der Waals surface area contributed by atoms with Gasteiger partial charge in [-0.05, 0) is 29.8 Å². The van der Waals surface area contributed by atoms with Gasteiger partial charge in [0.05, 0.1) is 19.4 Å². The first-order chi connectivity index (χ1) is 12.0. The Morgan fingerprint density at radius 2 is 1.68 bits per heavy atom. The molecule has 0 unspecified atom stereocenters. The largest absolute Gasteiger partial charge is 0.459 e. The second kappa shape index (κ2) is 9.10. The first kappa shape index (κ1) is 18.8. The van der Waals surface area contributed by atoms with Gasteiger partial charge in [-0.3, -0.25) is 14.4 Å². The van der Waals surface area contributed by atoms with E-state index in [0.29, 0.717) is 15.6 Å². The third-order valence-electron chi connectivity index (χ3n) is 3.09. The van der Waals surface area contributed by atoms with Crippen LogP contribution in [0.1, 0.15) is 16.1 Å². The highest BCUT2D eigenvalue weighted by molar-refractivity contribution is 6.35. The third-order valence-corrected chi connectivity index (χ3v) is 3.68. The molecule has 132 valence electrons. The molecule has 0 aliphatic carbocycles. The average molecular weight is 384 g/mol. The quantitative estimate of drug-likeness (QED) is 0.677. The molecule has 0 radical (unpaired) electrons. The molecule has 1 aromatic carbocycles.